The average Bonchev–Trinajstić information content (AvgIpc) is 2.84. The van der Waals surface area contributed by atoms with E-state index in [0.717, 1.165) is 18.4 Å². The smallest absolute Gasteiger partial charge is 0.240 e. The summed E-state index contributed by atoms with van der Waals surface area (Å²) in [7, 11) is -3.48. The van der Waals surface area contributed by atoms with E-state index >= 15 is 0 Å². The van der Waals surface area contributed by atoms with Crippen LogP contribution in [0.25, 0.3) is 0 Å². The van der Waals surface area contributed by atoms with Gasteiger partial charge >= 0.3 is 0 Å². The van der Waals surface area contributed by atoms with Crippen LogP contribution in [0, 0.1) is 5.41 Å². The highest BCUT2D eigenvalue weighted by molar-refractivity contribution is 7.89. The molecule has 1 aliphatic rings. The first-order valence-corrected chi connectivity index (χ1v) is 8.73. The zero-order valence-corrected chi connectivity index (χ0v) is 13.1. The molecular formula is C15H24N2O2S. The Morgan fingerprint density at radius 3 is 2.55 bits per heavy atom. The molecule has 3 N–H and O–H groups in total. The second kappa shape index (κ2) is 5.74. The molecule has 4 nitrogen and oxygen atoms in total. The highest BCUT2D eigenvalue weighted by Gasteiger charge is 2.30. The molecule has 112 valence electrons. The van der Waals surface area contributed by atoms with Gasteiger partial charge in [-0.3, -0.25) is 0 Å². The van der Waals surface area contributed by atoms with Gasteiger partial charge in [0, 0.05) is 12.2 Å². The number of nitrogens with two attached hydrogens (primary N) is 1. The van der Waals surface area contributed by atoms with E-state index in [1.165, 1.54) is 12.8 Å². The monoisotopic (exact) mass is 296 g/mol. The van der Waals surface area contributed by atoms with Crippen molar-refractivity contribution in [3.8, 4) is 0 Å². The topological polar surface area (TPSA) is 72.2 Å². The van der Waals surface area contributed by atoms with E-state index < -0.39 is 10.0 Å². The van der Waals surface area contributed by atoms with E-state index in [1.807, 2.05) is 6.92 Å². The molecule has 1 aliphatic carbocycles. The second-order valence-electron chi connectivity index (χ2n) is 6.06. The van der Waals surface area contributed by atoms with Gasteiger partial charge in [0.15, 0.2) is 0 Å². The van der Waals surface area contributed by atoms with E-state index in [0.29, 0.717) is 23.5 Å². The van der Waals surface area contributed by atoms with Crippen LogP contribution in [0.4, 0.5) is 5.69 Å². The summed E-state index contributed by atoms with van der Waals surface area (Å²) in [5.74, 6) is 0. The van der Waals surface area contributed by atoms with Crippen molar-refractivity contribution in [2.45, 2.75) is 50.8 Å². The fraction of sp³-hybridized carbons (Fsp3) is 0.600. The van der Waals surface area contributed by atoms with Crippen molar-refractivity contribution in [3.63, 3.8) is 0 Å². The standard InChI is InChI=1S/C15H24N2O2S/c1-3-12-6-7-13(16)10-14(12)20(18,19)17-11-15(2)8-4-5-9-15/h6-7,10,17H,3-5,8-9,11,16H2,1-2H3. The van der Waals surface area contributed by atoms with E-state index in [9.17, 15) is 8.42 Å². The summed E-state index contributed by atoms with van der Waals surface area (Å²) in [6.07, 6.45) is 5.24. The molecule has 0 saturated heterocycles. The lowest BCUT2D eigenvalue weighted by atomic mass is 9.89. The molecule has 2 rings (SSSR count). The van der Waals surface area contributed by atoms with Gasteiger partial charge in [-0.05, 0) is 42.4 Å². The fourth-order valence-corrected chi connectivity index (χ4v) is 4.41. The normalized spacial score (nSPS) is 18.3. The van der Waals surface area contributed by atoms with Crippen LogP contribution in [0.5, 0.6) is 0 Å². The summed E-state index contributed by atoms with van der Waals surface area (Å²) in [5.41, 5.74) is 7.12. The number of nitrogen functional groups attached to an aromatic ring is 1. The second-order valence-corrected chi connectivity index (χ2v) is 7.80. The third-order valence-electron chi connectivity index (χ3n) is 4.26. The minimum atomic E-state index is -3.48. The van der Waals surface area contributed by atoms with E-state index in [2.05, 4.69) is 11.6 Å². The lowest BCUT2D eigenvalue weighted by molar-refractivity contribution is 0.336. The van der Waals surface area contributed by atoms with E-state index in [1.54, 1.807) is 18.2 Å². The number of nitrogens with one attached hydrogen (secondary N) is 1. The van der Waals surface area contributed by atoms with Gasteiger partial charge in [-0.15, -0.1) is 0 Å². The molecule has 1 fully saturated rings. The molecule has 0 amide bonds. The minimum Gasteiger partial charge on any atom is -0.399 e. The van der Waals surface area contributed by atoms with Gasteiger partial charge in [-0.1, -0.05) is 32.8 Å². The third kappa shape index (κ3) is 3.33. The Labute approximate surface area is 121 Å². The number of hydrogen-bond donors (Lipinski definition) is 2. The molecule has 5 heteroatoms. The van der Waals surface area contributed by atoms with Crippen molar-refractivity contribution in [3.05, 3.63) is 23.8 Å². The van der Waals surface area contributed by atoms with Crippen molar-refractivity contribution < 1.29 is 8.42 Å². The van der Waals surface area contributed by atoms with Gasteiger partial charge in [0.25, 0.3) is 0 Å². The van der Waals surface area contributed by atoms with Crippen molar-refractivity contribution in [2.24, 2.45) is 5.41 Å². The molecule has 1 aromatic carbocycles. The molecule has 1 saturated carbocycles. The molecule has 0 unspecified atom stereocenters. The van der Waals surface area contributed by atoms with E-state index in [-0.39, 0.29) is 5.41 Å². The predicted octanol–water partition coefficient (Wildman–Crippen LogP) is 2.69. The average molecular weight is 296 g/mol. The van der Waals surface area contributed by atoms with Gasteiger partial charge in [0.05, 0.1) is 4.90 Å². The summed E-state index contributed by atoms with van der Waals surface area (Å²) in [5, 5.41) is 0. The predicted molar refractivity (Wildman–Crippen MR) is 82.0 cm³/mol. The van der Waals surface area contributed by atoms with Gasteiger partial charge in [-0.2, -0.15) is 0 Å². The molecule has 1 aromatic rings. The largest absolute Gasteiger partial charge is 0.399 e. The summed E-state index contributed by atoms with van der Waals surface area (Å²) >= 11 is 0. The molecule has 0 atom stereocenters. The first-order chi connectivity index (χ1) is 9.36. The maximum absolute atomic E-state index is 12.5. The molecule has 0 radical (unpaired) electrons. The summed E-state index contributed by atoms with van der Waals surface area (Å²) in [6.45, 7) is 4.61. The van der Waals surface area contributed by atoms with Gasteiger partial charge in [0.1, 0.15) is 0 Å². The Morgan fingerprint density at radius 1 is 1.30 bits per heavy atom. The maximum atomic E-state index is 12.5. The van der Waals surface area contributed by atoms with Crippen molar-refractivity contribution in [2.75, 3.05) is 12.3 Å². The van der Waals surface area contributed by atoms with Gasteiger partial charge in [-0.25, -0.2) is 13.1 Å². The molecule has 0 aliphatic heterocycles. The number of aryl methyl sites for hydroxylation is 1. The van der Waals surface area contributed by atoms with Crippen LogP contribution in [0.15, 0.2) is 23.1 Å². The molecule has 20 heavy (non-hydrogen) atoms. The number of rotatable bonds is 5. The molecule has 0 spiro atoms. The van der Waals surface area contributed by atoms with Crippen molar-refractivity contribution in [1.82, 2.24) is 4.72 Å². The van der Waals surface area contributed by atoms with Crippen LogP contribution in [0.3, 0.4) is 0 Å². The maximum Gasteiger partial charge on any atom is 0.240 e. The van der Waals surface area contributed by atoms with Crippen molar-refractivity contribution >= 4 is 15.7 Å². The van der Waals surface area contributed by atoms with Crippen LogP contribution < -0.4 is 10.5 Å². The number of hydrogen-bond acceptors (Lipinski definition) is 3. The summed E-state index contributed by atoms with van der Waals surface area (Å²) in [4.78, 5) is 0.321. The quantitative estimate of drug-likeness (QED) is 0.821. The number of benzene rings is 1. The van der Waals surface area contributed by atoms with Crippen LogP contribution >= 0.6 is 0 Å². The zero-order valence-electron chi connectivity index (χ0n) is 12.3. The van der Waals surface area contributed by atoms with Crippen LogP contribution in [0.1, 0.15) is 45.1 Å². The highest BCUT2D eigenvalue weighted by Crippen LogP contribution is 2.37. The number of sulfonamides is 1. The lowest BCUT2D eigenvalue weighted by Gasteiger charge is -2.24. The molecule has 0 heterocycles. The number of anilines is 1. The van der Waals surface area contributed by atoms with Crippen LogP contribution in [-0.4, -0.2) is 15.0 Å². The van der Waals surface area contributed by atoms with Gasteiger partial charge in [0.2, 0.25) is 10.0 Å². The highest BCUT2D eigenvalue weighted by atomic mass is 32.2. The summed E-state index contributed by atoms with van der Waals surface area (Å²) in [6, 6.07) is 5.09. The minimum absolute atomic E-state index is 0.0970. The third-order valence-corrected chi connectivity index (χ3v) is 5.74. The fourth-order valence-electron chi connectivity index (χ4n) is 2.87. The Hall–Kier alpha value is -1.07. The van der Waals surface area contributed by atoms with Crippen molar-refractivity contribution in [1.29, 1.82) is 0 Å². The first kappa shape index (κ1) is 15.3. The van der Waals surface area contributed by atoms with Gasteiger partial charge < -0.3 is 5.73 Å². The first-order valence-electron chi connectivity index (χ1n) is 7.24. The molecule has 0 aromatic heterocycles. The van der Waals surface area contributed by atoms with Crippen LogP contribution in [-0.2, 0) is 16.4 Å². The zero-order chi connectivity index (χ0) is 14.8. The van der Waals surface area contributed by atoms with Crippen LogP contribution in [0.2, 0.25) is 0 Å². The Bertz CT molecular complexity index is 576. The Morgan fingerprint density at radius 2 is 1.95 bits per heavy atom. The summed E-state index contributed by atoms with van der Waals surface area (Å²) < 4.78 is 27.8. The van der Waals surface area contributed by atoms with E-state index in [4.69, 9.17) is 5.73 Å². The lowest BCUT2D eigenvalue weighted by Crippen LogP contribution is -2.34. The SMILES string of the molecule is CCc1ccc(N)cc1S(=O)(=O)NCC1(C)CCCC1. The molecule has 0 bridgehead atoms. The Balaban J connectivity index is 2.20. The molecular weight excluding hydrogens is 272 g/mol. The Kier molecular flexibility index (Phi) is 4.39.